The molecule has 1 aliphatic rings. The number of esters is 1. The Morgan fingerprint density at radius 2 is 1.76 bits per heavy atom. The van der Waals surface area contributed by atoms with Crippen molar-refractivity contribution in [2.45, 2.75) is 52.5 Å². The van der Waals surface area contributed by atoms with Crippen LogP contribution in [0.25, 0.3) is 0 Å². The SMILES string of the molecule is COC(=O)[C@H](Cc1ccc(O)cc1Cc1ccccc1)NC(=O)C1CCC(C)(C(=O)O)C1(C)C. The zero-order valence-corrected chi connectivity index (χ0v) is 20.1. The van der Waals surface area contributed by atoms with Crippen molar-refractivity contribution < 1.29 is 29.3 Å². The molecule has 0 aromatic heterocycles. The summed E-state index contributed by atoms with van der Waals surface area (Å²) < 4.78 is 4.96. The summed E-state index contributed by atoms with van der Waals surface area (Å²) in [5, 5.41) is 22.6. The highest BCUT2D eigenvalue weighted by Crippen LogP contribution is 2.56. The minimum absolute atomic E-state index is 0.119. The first-order valence-electron chi connectivity index (χ1n) is 11.5. The number of aliphatic carboxylic acids is 1. The predicted octanol–water partition coefficient (Wildman–Crippen LogP) is 3.71. The lowest BCUT2D eigenvalue weighted by Gasteiger charge is -2.38. The number of carboxylic acid groups (broad SMARTS) is 1. The fraction of sp³-hybridized carbons (Fsp3) is 0.444. The number of hydrogen-bond donors (Lipinski definition) is 3. The fourth-order valence-corrected chi connectivity index (χ4v) is 4.96. The first kappa shape index (κ1) is 25.3. The summed E-state index contributed by atoms with van der Waals surface area (Å²) in [6.45, 7) is 5.26. The van der Waals surface area contributed by atoms with E-state index in [9.17, 15) is 24.6 Å². The van der Waals surface area contributed by atoms with E-state index in [1.165, 1.54) is 7.11 Å². The number of phenolic OH excluding ortho intramolecular Hbond substituents is 1. The molecule has 0 bridgehead atoms. The van der Waals surface area contributed by atoms with Crippen LogP contribution in [-0.2, 0) is 32.0 Å². The zero-order valence-electron chi connectivity index (χ0n) is 20.1. The summed E-state index contributed by atoms with van der Waals surface area (Å²) in [5.41, 5.74) is 0.872. The van der Waals surface area contributed by atoms with Crippen molar-refractivity contribution in [1.82, 2.24) is 5.32 Å². The third kappa shape index (κ3) is 4.93. The van der Waals surface area contributed by atoms with Crippen LogP contribution < -0.4 is 5.32 Å². The molecule has 1 amide bonds. The molecule has 3 N–H and O–H groups in total. The van der Waals surface area contributed by atoms with Crippen LogP contribution in [-0.4, -0.2) is 41.2 Å². The van der Waals surface area contributed by atoms with Crippen molar-refractivity contribution in [3.63, 3.8) is 0 Å². The molecule has 1 saturated carbocycles. The van der Waals surface area contributed by atoms with Gasteiger partial charge in [-0.05, 0) is 60.4 Å². The van der Waals surface area contributed by atoms with Crippen molar-refractivity contribution in [2.75, 3.05) is 7.11 Å². The predicted molar refractivity (Wildman–Crippen MR) is 127 cm³/mol. The lowest BCUT2D eigenvalue weighted by molar-refractivity contribution is -0.156. The molecule has 34 heavy (non-hydrogen) atoms. The standard InChI is InChI=1S/C27H33NO6/c1-26(2)21(12-13-27(26,3)25(32)33)23(30)28-22(24(31)34-4)16-18-10-11-20(29)15-19(18)14-17-8-6-5-7-9-17/h5-11,15,21-22,29H,12-14,16H2,1-4H3,(H,28,30)(H,32,33)/t21?,22-,27?/m0/s1. The van der Waals surface area contributed by atoms with E-state index < -0.39 is 34.7 Å². The Kier molecular flexibility index (Phi) is 7.34. The van der Waals surface area contributed by atoms with Crippen LogP contribution >= 0.6 is 0 Å². The van der Waals surface area contributed by atoms with Crippen LogP contribution in [0.1, 0.15) is 50.3 Å². The first-order chi connectivity index (χ1) is 16.0. The Hall–Kier alpha value is -3.35. The molecule has 1 fully saturated rings. The number of carbonyl (C=O) groups excluding carboxylic acids is 2. The van der Waals surface area contributed by atoms with Crippen LogP contribution in [0.5, 0.6) is 5.75 Å². The second kappa shape index (κ2) is 9.87. The highest BCUT2D eigenvalue weighted by atomic mass is 16.5. The molecular weight excluding hydrogens is 434 g/mol. The lowest BCUT2D eigenvalue weighted by atomic mass is 9.65. The molecule has 2 aromatic carbocycles. The number of aromatic hydroxyl groups is 1. The summed E-state index contributed by atoms with van der Waals surface area (Å²) in [4.78, 5) is 37.8. The van der Waals surface area contributed by atoms with Crippen LogP contribution in [0.3, 0.4) is 0 Å². The molecule has 0 saturated heterocycles. The minimum Gasteiger partial charge on any atom is -0.508 e. The van der Waals surface area contributed by atoms with Gasteiger partial charge in [0.1, 0.15) is 11.8 Å². The summed E-state index contributed by atoms with van der Waals surface area (Å²) in [6, 6.07) is 13.8. The Bertz CT molecular complexity index is 1060. The van der Waals surface area contributed by atoms with Gasteiger partial charge in [0.25, 0.3) is 0 Å². The van der Waals surface area contributed by atoms with Gasteiger partial charge in [0.05, 0.1) is 12.5 Å². The van der Waals surface area contributed by atoms with Gasteiger partial charge in [0.2, 0.25) is 5.91 Å². The topological polar surface area (TPSA) is 113 Å². The largest absolute Gasteiger partial charge is 0.508 e. The van der Waals surface area contributed by atoms with Crippen LogP contribution in [0, 0.1) is 16.7 Å². The number of methoxy groups -OCH3 is 1. The number of benzene rings is 2. The quantitative estimate of drug-likeness (QED) is 0.510. The highest BCUT2D eigenvalue weighted by Gasteiger charge is 2.58. The minimum atomic E-state index is -1.03. The van der Waals surface area contributed by atoms with Crippen molar-refractivity contribution >= 4 is 17.8 Å². The molecule has 3 rings (SSSR count). The molecule has 0 radical (unpaired) electrons. The molecule has 0 aliphatic heterocycles. The van der Waals surface area contributed by atoms with Gasteiger partial charge >= 0.3 is 11.9 Å². The summed E-state index contributed by atoms with van der Waals surface area (Å²) >= 11 is 0. The molecule has 0 heterocycles. The zero-order chi connectivity index (χ0) is 25.1. The van der Waals surface area contributed by atoms with Crippen molar-refractivity contribution in [2.24, 2.45) is 16.7 Å². The Balaban J connectivity index is 1.84. The smallest absolute Gasteiger partial charge is 0.328 e. The molecule has 7 heteroatoms. The van der Waals surface area contributed by atoms with Gasteiger partial charge in [-0.2, -0.15) is 0 Å². The third-order valence-corrected chi connectivity index (χ3v) is 7.67. The molecule has 0 spiro atoms. The Morgan fingerprint density at radius 3 is 2.35 bits per heavy atom. The van der Waals surface area contributed by atoms with Crippen LogP contribution in [0.2, 0.25) is 0 Å². The average Bonchev–Trinajstić information content (AvgIpc) is 3.05. The van der Waals surface area contributed by atoms with Gasteiger partial charge in [-0.25, -0.2) is 4.79 Å². The molecular formula is C27H33NO6. The number of ether oxygens (including phenoxy) is 1. The second-order valence-corrected chi connectivity index (χ2v) is 9.85. The Labute approximate surface area is 200 Å². The molecule has 3 atom stereocenters. The first-order valence-corrected chi connectivity index (χ1v) is 11.5. The normalized spacial score (nSPS) is 22.1. The van der Waals surface area contributed by atoms with E-state index in [-0.39, 0.29) is 18.1 Å². The number of hydrogen-bond acceptors (Lipinski definition) is 5. The van der Waals surface area contributed by atoms with Gasteiger partial charge in [-0.1, -0.05) is 50.2 Å². The van der Waals surface area contributed by atoms with E-state index in [4.69, 9.17) is 4.74 Å². The van der Waals surface area contributed by atoms with Gasteiger partial charge in [0.15, 0.2) is 0 Å². The number of nitrogens with one attached hydrogen (secondary N) is 1. The van der Waals surface area contributed by atoms with E-state index >= 15 is 0 Å². The maximum Gasteiger partial charge on any atom is 0.328 e. The van der Waals surface area contributed by atoms with Crippen LogP contribution in [0.4, 0.5) is 0 Å². The Morgan fingerprint density at radius 1 is 1.09 bits per heavy atom. The summed E-state index contributed by atoms with van der Waals surface area (Å²) in [5.74, 6) is -2.29. The molecule has 2 unspecified atom stereocenters. The fourth-order valence-electron chi connectivity index (χ4n) is 4.96. The number of carbonyl (C=O) groups is 3. The third-order valence-electron chi connectivity index (χ3n) is 7.67. The molecule has 182 valence electrons. The molecule has 7 nitrogen and oxygen atoms in total. The van der Waals surface area contributed by atoms with Gasteiger partial charge in [-0.3, -0.25) is 9.59 Å². The van der Waals surface area contributed by atoms with E-state index in [0.29, 0.717) is 19.3 Å². The maximum absolute atomic E-state index is 13.3. The van der Waals surface area contributed by atoms with Crippen molar-refractivity contribution in [3.8, 4) is 5.75 Å². The van der Waals surface area contributed by atoms with E-state index in [1.54, 1.807) is 39.0 Å². The van der Waals surface area contributed by atoms with E-state index in [0.717, 1.165) is 16.7 Å². The van der Waals surface area contributed by atoms with Crippen molar-refractivity contribution in [1.29, 1.82) is 0 Å². The number of carboxylic acids is 1. The van der Waals surface area contributed by atoms with Gasteiger partial charge in [-0.15, -0.1) is 0 Å². The van der Waals surface area contributed by atoms with E-state index in [1.807, 2.05) is 30.3 Å². The average molecular weight is 468 g/mol. The van der Waals surface area contributed by atoms with Gasteiger partial charge < -0.3 is 20.3 Å². The number of phenols is 1. The number of rotatable bonds is 8. The van der Waals surface area contributed by atoms with Gasteiger partial charge in [0, 0.05) is 12.3 Å². The second-order valence-electron chi connectivity index (χ2n) is 9.85. The van der Waals surface area contributed by atoms with Crippen LogP contribution in [0.15, 0.2) is 48.5 Å². The van der Waals surface area contributed by atoms with E-state index in [2.05, 4.69) is 5.32 Å². The summed E-state index contributed by atoms with van der Waals surface area (Å²) in [6.07, 6.45) is 1.55. The molecule has 2 aromatic rings. The van der Waals surface area contributed by atoms with Crippen molar-refractivity contribution in [3.05, 3.63) is 65.2 Å². The highest BCUT2D eigenvalue weighted by molar-refractivity contribution is 5.88. The summed E-state index contributed by atoms with van der Waals surface area (Å²) in [7, 11) is 1.27. The maximum atomic E-state index is 13.3. The lowest BCUT2D eigenvalue weighted by Crippen LogP contribution is -2.50. The number of amides is 1. The monoisotopic (exact) mass is 467 g/mol. The molecule has 1 aliphatic carbocycles.